The Labute approximate surface area is 121 Å². The van der Waals surface area contributed by atoms with Gasteiger partial charge in [-0.3, -0.25) is 4.79 Å². The van der Waals surface area contributed by atoms with Crippen molar-refractivity contribution in [3.05, 3.63) is 63.4 Å². The highest BCUT2D eigenvalue weighted by molar-refractivity contribution is 9.10. The van der Waals surface area contributed by atoms with E-state index in [-0.39, 0.29) is 15.8 Å². The first-order chi connectivity index (χ1) is 9.45. The van der Waals surface area contributed by atoms with Crippen LogP contribution in [-0.2, 0) is 0 Å². The molecule has 2 aromatic carbocycles. The number of benzene rings is 2. The second-order valence-electron chi connectivity index (χ2n) is 3.90. The van der Waals surface area contributed by atoms with Gasteiger partial charge in [-0.25, -0.2) is 13.2 Å². The lowest BCUT2D eigenvalue weighted by Gasteiger charge is -2.09. The quantitative estimate of drug-likeness (QED) is 0.783. The summed E-state index contributed by atoms with van der Waals surface area (Å²) in [5.41, 5.74) is -0.507. The Bertz CT molecular complexity index is 686. The number of hydrogen-bond donors (Lipinski definition) is 0. The first-order valence-electron chi connectivity index (χ1n) is 5.47. The fraction of sp³-hybridized carbons (Fsp3) is 0.0714. The third kappa shape index (κ3) is 2.56. The maximum absolute atomic E-state index is 13.6. The molecule has 0 aliphatic heterocycles. The van der Waals surface area contributed by atoms with Crippen molar-refractivity contribution in [3.8, 4) is 5.75 Å². The minimum Gasteiger partial charge on any atom is -0.496 e. The number of hydrogen-bond acceptors (Lipinski definition) is 2. The zero-order valence-corrected chi connectivity index (χ0v) is 11.8. The van der Waals surface area contributed by atoms with Gasteiger partial charge in [0.15, 0.2) is 17.4 Å². The first kappa shape index (κ1) is 14.6. The van der Waals surface area contributed by atoms with E-state index in [2.05, 4.69) is 15.9 Å². The highest BCUT2D eigenvalue weighted by atomic mass is 79.9. The predicted octanol–water partition coefficient (Wildman–Crippen LogP) is 4.11. The van der Waals surface area contributed by atoms with Crippen LogP contribution in [0, 0.1) is 17.5 Å². The van der Waals surface area contributed by atoms with E-state index in [1.807, 2.05) is 0 Å². The van der Waals surface area contributed by atoms with E-state index < -0.39 is 28.8 Å². The van der Waals surface area contributed by atoms with Gasteiger partial charge in [-0.15, -0.1) is 0 Å². The van der Waals surface area contributed by atoms with Crippen LogP contribution in [0.1, 0.15) is 15.9 Å². The Hall–Kier alpha value is -1.82. The van der Waals surface area contributed by atoms with Gasteiger partial charge in [-0.1, -0.05) is 6.07 Å². The molecule has 2 rings (SSSR count). The average Bonchev–Trinajstić information content (AvgIpc) is 2.43. The molecule has 0 atom stereocenters. The number of methoxy groups -OCH3 is 1. The smallest absolute Gasteiger partial charge is 0.199 e. The van der Waals surface area contributed by atoms with E-state index in [0.717, 1.165) is 18.2 Å². The molecule has 104 valence electrons. The number of ketones is 1. The Balaban J connectivity index is 2.59. The highest BCUT2D eigenvalue weighted by Gasteiger charge is 2.21. The fourth-order valence-corrected chi connectivity index (χ4v) is 2.04. The normalized spacial score (nSPS) is 10.4. The van der Waals surface area contributed by atoms with Crippen LogP contribution in [0.4, 0.5) is 13.2 Å². The van der Waals surface area contributed by atoms with E-state index in [0.29, 0.717) is 0 Å². The van der Waals surface area contributed by atoms with Crippen LogP contribution in [0.15, 0.2) is 34.8 Å². The second kappa shape index (κ2) is 5.66. The maximum Gasteiger partial charge on any atom is 0.199 e. The molecule has 0 saturated heterocycles. The molecule has 0 spiro atoms. The summed E-state index contributed by atoms with van der Waals surface area (Å²) in [6, 6.07) is 5.44. The van der Waals surface area contributed by atoms with Crippen molar-refractivity contribution in [1.29, 1.82) is 0 Å². The molecule has 6 heteroatoms. The van der Waals surface area contributed by atoms with E-state index in [1.165, 1.54) is 19.2 Å². The standard InChI is InChI=1S/C14H8BrF3O2/c1-20-12-6-11(17)9(15)5-8(12)14(19)7-3-2-4-10(16)13(7)18/h2-6H,1H3. The molecular formula is C14H8BrF3O2. The van der Waals surface area contributed by atoms with Crippen molar-refractivity contribution in [1.82, 2.24) is 0 Å². The number of ether oxygens (including phenoxy) is 1. The van der Waals surface area contributed by atoms with Gasteiger partial charge in [0.05, 0.1) is 22.7 Å². The molecule has 0 aliphatic rings. The van der Waals surface area contributed by atoms with Gasteiger partial charge >= 0.3 is 0 Å². The average molecular weight is 345 g/mol. The summed E-state index contributed by atoms with van der Waals surface area (Å²) in [7, 11) is 1.25. The van der Waals surface area contributed by atoms with Crippen molar-refractivity contribution in [2.45, 2.75) is 0 Å². The van der Waals surface area contributed by atoms with Crippen molar-refractivity contribution < 1.29 is 22.7 Å². The third-order valence-corrected chi connectivity index (χ3v) is 3.29. The molecule has 0 heterocycles. The molecular weight excluding hydrogens is 337 g/mol. The fourth-order valence-electron chi connectivity index (χ4n) is 1.70. The van der Waals surface area contributed by atoms with Gasteiger partial charge in [0.1, 0.15) is 11.6 Å². The summed E-state index contributed by atoms with van der Waals surface area (Å²) in [4.78, 5) is 12.2. The molecule has 0 aliphatic carbocycles. The Morgan fingerprint density at radius 1 is 1.10 bits per heavy atom. The van der Waals surface area contributed by atoms with Gasteiger partial charge < -0.3 is 4.74 Å². The molecule has 0 fully saturated rings. The van der Waals surface area contributed by atoms with Gasteiger partial charge in [-0.05, 0) is 34.1 Å². The van der Waals surface area contributed by atoms with Crippen molar-refractivity contribution in [2.24, 2.45) is 0 Å². The van der Waals surface area contributed by atoms with Crippen LogP contribution >= 0.6 is 15.9 Å². The van der Waals surface area contributed by atoms with Crippen molar-refractivity contribution in [2.75, 3.05) is 7.11 Å². The van der Waals surface area contributed by atoms with Gasteiger partial charge in [-0.2, -0.15) is 0 Å². The molecule has 0 N–H and O–H groups in total. The third-order valence-electron chi connectivity index (χ3n) is 2.68. The SMILES string of the molecule is COc1cc(F)c(Br)cc1C(=O)c1cccc(F)c1F. The van der Waals surface area contributed by atoms with Crippen LogP contribution in [-0.4, -0.2) is 12.9 Å². The number of carbonyl (C=O) groups excluding carboxylic acids is 1. The summed E-state index contributed by atoms with van der Waals surface area (Å²) < 4.78 is 45.1. The Morgan fingerprint density at radius 3 is 2.45 bits per heavy atom. The molecule has 0 saturated carbocycles. The van der Waals surface area contributed by atoms with Crippen LogP contribution in [0.2, 0.25) is 0 Å². The zero-order chi connectivity index (χ0) is 14.9. The number of rotatable bonds is 3. The molecule has 0 aromatic heterocycles. The highest BCUT2D eigenvalue weighted by Crippen LogP contribution is 2.29. The van der Waals surface area contributed by atoms with E-state index in [1.54, 1.807) is 0 Å². The Morgan fingerprint density at radius 2 is 1.80 bits per heavy atom. The molecule has 0 unspecified atom stereocenters. The lowest BCUT2D eigenvalue weighted by molar-refractivity contribution is 0.103. The monoisotopic (exact) mass is 344 g/mol. The number of carbonyl (C=O) groups is 1. The summed E-state index contributed by atoms with van der Waals surface area (Å²) in [6.45, 7) is 0. The predicted molar refractivity (Wildman–Crippen MR) is 70.4 cm³/mol. The minimum absolute atomic E-state index is 0.0264. The zero-order valence-electron chi connectivity index (χ0n) is 10.2. The topological polar surface area (TPSA) is 26.3 Å². The lowest BCUT2D eigenvalue weighted by Crippen LogP contribution is -2.08. The number of halogens is 4. The van der Waals surface area contributed by atoms with Crippen LogP contribution in [0.25, 0.3) is 0 Å². The van der Waals surface area contributed by atoms with Crippen LogP contribution in [0.5, 0.6) is 5.75 Å². The molecule has 2 aromatic rings. The van der Waals surface area contributed by atoms with Gasteiger partial charge in [0, 0.05) is 6.07 Å². The van der Waals surface area contributed by atoms with E-state index >= 15 is 0 Å². The largest absolute Gasteiger partial charge is 0.496 e. The Kier molecular flexibility index (Phi) is 4.13. The van der Waals surface area contributed by atoms with E-state index in [4.69, 9.17) is 4.74 Å². The summed E-state index contributed by atoms with van der Waals surface area (Å²) in [6.07, 6.45) is 0. The molecule has 0 bridgehead atoms. The second-order valence-corrected chi connectivity index (χ2v) is 4.75. The lowest BCUT2D eigenvalue weighted by atomic mass is 10.0. The van der Waals surface area contributed by atoms with Gasteiger partial charge in [0.2, 0.25) is 0 Å². The molecule has 2 nitrogen and oxygen atoms in total. The first-order valence-corrected chi connectivity index (χ1v) is 6.26. The van der Waals surface area contributed by atoms with E-state index in [9.17, 15) is 18.0 Å². The molecule has 0 radical (unpaired) electrons. The maximum atomic E-state index is 13.6. The summed E-state index contributed by atoms with van der Waals surface area (Å²) >= 11 is 2.93. The molecule has 0 amide bonds. The minimum atomic E-state index is -1.25. The van der Waals surface area contributed by atoms with Crippen molar-refractivity contribution in [3.63, 3.8) is 0 Å². The summed E-state index contributed by atoms with van der Waals surface area (Å²) in [5, 5.41) is 0. The van der Waals surface area contributed by atoms with Crippen LogP contribution in [0.3, 0.4) is 0 Å². The van der Waals surface area contributed by atoms with Crippen LogP contribution < -0.4 is 4.74 Å². The van der Waals surface area contributed by atoms with Gasteiger partial charge in [0.25, 0.3) is 0 Å². The van der Waals surface area contributed by atoms with Crippen molar-refractivity contribution >= 4 is 21.7 Å². The summed E-state index contributed by atoms with van der Waals surface area (Å²) in [5.74, 6) is -3.85. The molecule has 20 heavy (non-hydrogen) atoms.